The van der Waals surface area contributed by atoms with Crippen molar-refractivity contribution in [3.63, 3.8) is 0 Å². The van der Waals surface area contributed by atoms with Crippen molar-refractivity contribution < 1.29 is 4.42 Å². The van der Waals surface area contributed by atoms with Crippen molar-refractivity contribution in [1.29, 1.82) is 0 Å². The Kier molecular flexibility index (Phi) is 6.94. The largest absolute Gasteiger partial charge is 0.455 e. The number of para-hydroxylation sites is 1. The highest BCUT2D eigenvalue weighted by molar-refractivity contribution is 6.73. The maximum absolute atomic E-state index is 6.84. The average molecular weight is 799 g/mol. The van der Waals surface area contributed by atoms with Crippen LogP contribution >= 0.6 is 0 Å². The number of furan rings is 1. The fourth-order valence-corrected chi connectivity index (χ4v) is 11.7. The molecule has 0 amide bonds. The van der Waals surface area contributed by atoms with Gasteiger partial charge in [-0.1, -0.05) is 151 Å². The number of benzene rings is 8. The minimum atomic E-state index is -0.149. The van der Waals surface area contributed by atoms with E-state index in [1.165, 1.54) is 99.6 Å². The van der Waals surface area contributed by atoms with E-state index in [-0.39, 0.29) is 16.2 Å². The second-order valence-corrected chi connectivity index (χ2v) is 20.2. The molecule has 2 aromatic heterocycles. The molecule has 0 unspecified atom stereocenters. The van der Waals surface area contributed by atoms with Crippen molar-refractivity contribution in [2.75, 3.05) is 5.32 Å². The number of fused-ring (bicyclic) bond motifs is 15. The van der Waals surface area contributed by atoms with E-state index in [1.54, 1.807) is 0 Å². The van der Waals surface area contributed by atoms with Gasteiger partial charge >= 0.3 is 0 Å². The molecule has 3 heterocycles. The van der Waals surface area contributed by atoms with E-state index >= 15 is 0 Å². The molecule has 3 nitrogen and oxygen atoms in total. The molecule has 2 aliphatic carbocycles. The molecule has 1 aliphatic heterocycles. The Balaban J connectivity index is 1.11. The van der Waals surface area contributed by atoms with Gasteiger partial charge in [0.2, 0.25) is 0 Å². The molecule has 1 N–H and O–H groups in total. The van der Waals surface area contributed by atoms with Gasteiger partial charge < -0.3 is 14.3 Å². The molecule has 0 saturated carbocycles. The van der Waals surface area contributed by atoms with E-state index in [9.17, 15) is 0 Å². The molecular weight excluding hydrogens is 751 g/mol. The highest BCUT2D eigenvalue weighted by Gasteiger charge is 2.39. The van der Waals surface area contributed by atoms with Crippen LogP contribution in [0.2, 0.25) is 0 Å². The summed E-state index contributed by atoms with van der Waals surface area (Å²) in [5.41, 5.74) is 25.0. The van der Waals surface area contributed by atoms with Crippen LogP contribution in [-0.2, 0) is 16.2 Å². The maximum Gasteiger partial charge on any atom is 0.198 e. The van der Waals surface area contributed by atoms with E-state index in [1.807, 2.05) is 0 Å². The van der Waals surface area contributed by atoms with Gasteiger partial charge in [0.05, 0.1) is 10.9 Å². The van der Waals surface area contributed by atoms with Crippen molar-refractivity contribution in [2.45, 2.75) is 64.7 Å². The van der Waals surface area contributed by atoms with Gasteiger partial charge in [-0.2, -0.15) is 0 Å². The Morgan fingerprint density at radius 3 is 1.92 bits per heavy atom. The van der Waals surface area contributed by atoms with Gasteiger partial charge in [-0.05, 0) is 115 Å². The van der Waals surface area contributed by atoms with Crippen LogP contribution in [0.25, 0.3) is 82.8 Å². The summed E-state index contributed by atoms with van der Waals surface area (Å²) < 4.78 is 9.42. The summed E-state index contributed by atoms with van der Waals surface area (Å²) in [4.78, 5) is 0. The van der Waals surface area contributed by atoms with Crippen LogP contribution in [0.5, 0.6) is 0 Å². The van der Waals surface area contributed by atoms with Crippen LogP contribution in [0, 0.1) is 0 Å². The predicted molar refractivity (Wildman–Crippen MR) is 263 cm³/mol. The average Bonchev–Trinajstić information content (AvgIpc) is 3.95. The second kappa shape index (κ2) is 12.0. The first-order valence-electron chi connectivity index (χ1n) is 22.2. The van der Waals surface area contributed by atoms with Gasteiger partial charge in [-0.15, -0.1) is 0 Å². The smallest absolute Gasteiger partial charge is 0.198 e. The Labute approximate surface area is 363 Å². The number of aromatic nitrogens is 1. The Morgan fingerprint density at radius 2 is 1.19 bits per heavy atom. The molecule has 0 fully saturated rings. The Bertz CT molecular complexity index is 3610. The van der Waals surface area contributed by atoms with Crippen LogP contribution in [0.15, 0.2) is 150 Å². The van der Waals surface area contributed by atoms with Crippen molar-refractivity contribution in [3.8, 4) is 39.1 Å². The molecule has 0 bridgehead atoms. The minimum absolute atomic E-state index is 0.0747. The van der Waals surface area contributed by atoms with Gasteiger partial charge in [0.15, 0.2) is 7.28 Å². The molecule has 0 saturated heterocycles. The standard InChI is InChI=1S/C58H47BN2O/c1-56(2,3)32-20-22-33(23-21-32)60-48-30-41-35-15-9-12-18-44(35)57(4,5)45(41)28-42(48)37-24-25-39-52-49(27-26-38-36-16-10-13-19-51(36)62-55(38)52)61-50-31-46-40(29-47(50)59-53(37)54(39)61)34-14-8-11-17-43(34)58(46,6)7/h8-31,59-60H,1-7H3. The summed E-state index contributed by atoms with van der Waals surface area (Å²) in [7, 11) is 0.817. The number of anilines is 2. The summed E-state index contributed by atoms with van der Waals surface area (Å²) in [6.45, 7) is 16.4. The number of hydrogen-bond acceptors (Lipinski definition) is 2. The third-order valence-electron chi connectivity index (χ3n) is 15.0. The molecule has 4 heteroatoms. The highest BCUT2D eigenvalue weighted by atomic mass is 16.3. The van der Waals surface area contributed by atoms with E-state index in [2.05, 4.69) is 204 Å². The van der Waals surface area contributed by atoms with E-state index in [4.69, 9.17) is 4.42 Å². The second-order valence-electron chi connectivity index (χ2n) is 20.2. The van der Waals surface area contributed by atoms with Crippen LogP contribution in [0.3, 0.4) is 0 Å². The quantitative estimate of drug-likeness (QED) is 0.180. The first-order chi connectivity index (χ1) is 29.9. The summed E-state index contributed by atoms with van der Waals surface area (Å²) in [6.07, 6.45) is 0. The van der Waals surface area contributed by atoms with Gasteiger partial charge in [0, 0.05) is 55.1 Å². The molecule has 298 valence electrons. The van der Waals surface area contributed by atoms with Crippen LogP contribution in [-0.4, -0.2) is 11.8 Å². The maximum atomic E-state index is 6.84. The highest BCUT2D eigenvalue weighted by Crippen LogP contribution is 2.53. The van der Waals surface area contributed by atoms with Gasteiger partial charge in [0.25, 0.3) is 0 Å². The van der Waals surface area contributed by atoms with Crippen molar-refractivity contribution >= 4 is 73.3 Å². The molecule has 0 radical (unpaired) electrons. The van der Waals surface area contributed by atoms with Gasteiger partial charge in [0.1, 0.15) is 11.2 Å². The number of nitrogens with zero attached hydrogens (tertiary/aromatic N) is 1. The van der Waals surface area contributed by atoms with Gasteiger partial charge in [-0.3, -0.25) is 0 Å². The number of hydrogen-bond donors (Lipinski definition) is 1. The lowest BCUT2D eigenvalue weighted by molar-refractivity contribution is 0.590. The molecule has 0 spiro atoms. The van der Waals surface area contributed by atoms with Crippen molar-refractivity contribution in [3.05, 3.63) is 173 Å². The monoisotopic (exact) mass is 798 g/mol. The van der Waals surface area contributed by atoms with Crippen molar-refractivity contribution in [1.82, 2.24) is 4.57 Å². The van der Waals surface area contributed by atoms with E-state index in [0.717, 1.165) is 40.6 Å². The Hall–Kier alpha value is -6.78. The Morgan fingerprint density at radius 1 is 0.548 bits per heavy atom. The predicted octanol–water partition coefficient (Wildman–Crippen LogP) is 13.7. The molecule has 0 atom stereocenters. The third kappa shape index (κ3) is 4.67. The topological polar surface area (TPSA) is 30.1 Å². The van der Waals surface area contributed by atoms with Crippen LogP contribution in [0.1, 0.15) is 76.3 Å². The minimum Gasteiger partial charge on any atom is -0.455 e. The summed E-state index contributed by atoms with van der Waals surface area (Å²) in [6, 6.07) is 54.9. The lowest BCUT2D eigenvalue weighted by atomic mass is 9.58. The van der Waals surface area contributed by atoms with Crippen molar-refractivity contribution in [2.24, 2.45) is 0 Å². The zero-order valence-electron chi connectivity index (χ0n) is 36.4. The molecule has 62 heavy (non-hydrogen) atoms. The van der Waals surface area contributed by atoms with Gasteiger partial charge in [-0.25, -0.2) is 0 Å². The fraction of sp³-hybridized carbons (Fsp3) is 0.172. The third-order valence-corrected chi connectivity index (χ3v) is 15.0. The lowest BCUT2D eigenvalue weighted by Crippen LogP contribution is -2.37. The van der Waals surface area contributed by atoms with Crippen LogP contribution in [0.4, 0.5) is 11.4 Å². The molecular formula is C58H47BN2O. The lowest BCUT2D eigenvalue weighted by Gasteiger charge is -2.28. The van der Waals surface area contributed by atoms with E-state index in [0.29, 0.717) is 0 Å². The molecule has 13 rings (SSSR count). The zero-order chi connectivity index (χ0) is 42.0. The number of rotatable bonds is 3. The zero-order valence-corrected chi connectivity index (χ0v) is 36.4. The molecule has 8 aromatic carbocycles. The summed E-state index contributed by atoms with van der Waals surface area (Å²) in [5.74, 6) is 0. The molecule has 10 aromatic rings. The summed E-state index contributed by atoms with van der Waals surface area (Å²) >= 11 is 0. The van der Waals surface area contributed by atoms with E-state index < -0.39 is 0 Å². The SMILES string of the molecule is CC(C)(C)c1ccc(Nc2cc3c(cc2-c2ccc4c5c6oc7ccccc7c6ccc5n5c4c2Bc2cc4c(cc2-5)C(C)(C)c2ccccc2-4)C(C)(C)c2ccccc2-3)cc1. The first-order valence-corrected chi connectivity index (χ1v) is 22.2. The van der Waals surface area contributed by atoms with Crippen LogP contribution < -0.4 is 16.2 Å². The first kappa shape index (κ1) is 35.9. The normalized spacial score (nSPS) is 15.1. The summed E-state index contributed by atoms with van der Waals surface area (Å²) in [5, 5.41) is 8.72. The number of nitrogens with one attached hydrogen (secondary N) is 1. The fourth-order valence-electron chi connectivity index (χ4n) is 11.7. The molecule has 3 aliphatic rings.